The highest BCUT2D eigenvalue weighted by Gasteiger charge is 2.21. The molecule has 2 heterocycles. The number of thiophene rings is 1. The summed E-state index contributed by atoms with van der Waals surface area (Å²) in [4.78, 5) is 21.7. The van der Waals surface area contributed by atoms with Gasteiger partial charge in [-0.3, -0.25) is 0 Å². The highest BCUT2D eigenvalue weighted by atomic mass is 32.1. The number of esters is 1. The van der Waals surface area contributed by atoms with Gasteiger partial charge in [0.25, 0.3) is 0 Å². The third-order valence-electron chi connectivity index (χ3n) is 3.35. The number of methoxy groups -OCH3 is 3. The second-order valence-corrected chi connectivity index (χ2v) is 5.70. The van der Waals surface area contributed by atoms with Crippen molar-refractivity contribution in [2.24, 2.45) is 0 Å². The number of carbonyl (C=O) groups excluding carboxylic acids is 1. The SMILES string of the molecule is COC(=O)c1sc2nccnc2c1Nc1ccc(OC)c(OC)c1. The zero-order valence-electron chi connectivity index (χ0n) is 13.3. The van der Waals surface area contributed by atoms with Gasteiger partial charge >= 0.3 is 5.97 Å². The largest absolute Gasteiger partial charge is 0.493 e. The molecule has 3 aromatic rings. The normalized spacial score (nSPS) is 10.5. The Morgan fingerprint density at radius 3 is 2.54 bits per heavy atom. The number of hydrogen-bond acceptors (Lipinski definition) is 8. The Balaban J connectivity index is 2.07. The summed E-state index contributed by atoms with van der Waals surface area (Å²) in [6.07, 6.45) is 3.16. The van der Waals surface area contributed by atoms with E-state index in [0.717, 1.165) is 5.69 Å². The maximum atomic E-state index is 12.1. The Hall–Kier alpha value is -2.87. The lowest BCUT2D eigenvalue weighted by atomic mass is 10.2. The minimum atomic E-state index is -0.442. The second kappa shape index (κ2) is 6.71. The number of nitrogens with one attached hydrogen (secondary N) is 1. The van der Waals surface area contributed by atoms with Crippen LogP contribution in [0.25, 0.3) is 10.3 Å². The van der Waals surface area contributed by atoms with Crippen LogP contribution in [0.1, 0.15) is 9.67 Å². The number of aromatic nitrogens is 2. The number of rotatable bonds is 5. The molecular weight excluding hydrogens is 330 g/mol. The zero-order valence-corrected chi connectivity index (χ0v) is 14.1. The van der Waals surface area contributed by atoms with Crippen LogP contribution in [0.2, 0.25) is 0 Å². The molecule has 0 aliphatic rings. The third kappa shape index (κ3) is 2.83. The zero-order chi connectivity index (χ0) is 17.1. The van der Waals surface area contributed by atoms with Crippen LogP contribution >= 0.6 is 11.3 Å². The first-order chi connectivity index (χ1) is 11.7. The van der Waals surface area contributed by atoms with E-state index in [4.69, 9.17) is 14.2 Å². The predicted octanol–water partition coefficient (Wildman–Crippen LogP) is 3.24. The van der Waals surface area contributed by atoms with Gasteiger partial charge in [-0.2, -0.15) is 0 Å². The number of carbonyl (C=O) groups is 1. The summed E-state index contributed by atoms with van der Waals surface area (Å²) in [5.41, 5.74) is 1.89. The van der Waals surface area contributed by atoms with Gasteiger partial charge in [-0.25, -0.2) is 14.8 Å². The van der Waals surface area contributed by atoms with Gasteiger partial charge in [0.2, 0.25) is 0 Å². The number of nitrogens with zero attached hydrogens (tertiary/aromatic N) is 2. The Morgan fingerprint density at radius 2 is 1.83 bits per heavy atom. The van der Waals surface area contributed by atoms with Crippen LogP contribution in [-0.4, -0.2) is 37.3 Å². The van der Waals surface area contributed by atoms with E-state index in [2.05, 4.69) is 15.3 Å². The van der Waals surface area contributed by atoms with Crippen LogP contribution in [0, 0.1) is 0 Å². The molecule has 8 heteroatoms. The molecule has 1 aromatic carbocycles. The first-order valence-electron chi connectivity index (χ1n) is 6.98. The molecule has 2 aromatic heterocycles. The van der Waals surface area contributed by atoms with Crippen LogP contribution in [0.15, 0.2) is 30.6 Å². The van der Waals surface area contributed by atoms with E-state index >= 15 is 0 Å². The van der Waals surface area contributed by atoms with Gasteiger partial charge in [-0.1, -0.05) is 0 Å². The number of fused-ring (bicyclic) bond motifs is 1. The molecule has 0 bridgehead atoms. The van der Waals surface area contributed by atoms with E-state index in [1.54, 1.807) is 38.7 Å². The summed E-state index contributed by atoms with van der Waals surface area (Å²) in [5, 5.41) is 3.21. The van der Waals surface area contributed by atoms with Crippen LogP contribution < -0.4 is 14.8 Å². The van der Waals surface area contributed by atoms with Gasteiger partial charge in [0, 0.05) is 24.1 Å². The molecule has 124 valence electrons. The van der Waals surface area contributed by atoms with E-state index in [9.17, 15) is 4.79 Å². The van der Waals surface area contributed by atoms with Crippen LogP contribution in [0.5, 0.6) is 11.5 Å². The highest BCUT2D eigenvalue weighted by molar-refractivity contribution is 7.21. The molecule has 0 fully saturated rings. The molecule has 0 spiro atoms. The number of ether oxygens (including phenoxy) is 3. The van der Waals surface area contributed by atoms with E-state index < -0.39 is 5.97 Å². The summed E-state index contributed by atoms with van der Waals surface area (Å²) in [7, 11) is 4.48. The standard InChI is InChI=1S/C16H15N3O4S/c1-21-10-5-4-9(8-11(10)22-2)19-12-13-15(18-7-6-17-13)24-14(12)16(20)23-3/h4-8,19H,1-3H3. The lowest BCUT2D eigenvalue weighted by molar-refractivity contribution is 0.0607. The molecule has 1 N–H and O–H groups in total. The summed E-state index contributed by atoms with van der Waals surface area (Å²) >= 11 is 1.23. The minimum Gasteiger partial charge on any atom is -0.493 e. The highest BCUT2D eigenvalue weighted by Crippen LogP contribution is 2.37. The monoisotopic (exact) mass is 345 g/mol. The quantitative estimate of drug-likeness (QED) is 0.711. The first kappa shape index (κ1) is 16.0. The summed E-state index contributed by atoms with van der Waals surface area (Å²) < 4.78 is 15.4. The molecule has 7 nitrogen and oxygen atoms in total. The predicted molar refractivity (Wildman–Crippen MR) is 91.6 cm³/mol. The topological polar surface area (TPSA) is 82.6 Å². The maximum absolute atomic E-state index is 12.1. The van der Waals surface area contributed by atoms with E-state index in [1.807, 2.05) is 6.07 Å². The Kier molecular flexibility index (Phi) is 4.48. The molecular formula is C16H15N3O4S. The van der Waals surface area contributed by atoms with E-state index in [1.165, 1.54) is 18.4 Å². The molecule has 0 saturated heterocycles. The van der Waals surface area contributed by atoms with E-state index in [-0.39, 0.29) is 0 Å². The van der Waals surface area contributed by atoms with Crippen molar-refractivity contribution in [2.45, 2.75) is 0 Å². The molecule has 0 saturated carbocycles. The molecule has 0 aliphatic heterocycles. The Labute approximate surface area is 142 Å². The van der Waals surface area contributed by atoms with Gasteiger partial charge in [0.15, 0.2) is 11.5 Å². The van der Waals surface area contributed by atoms with Gasteiger partial charge in [0.1, 0.15) is 15.2 Å². The fourth-order valence-electron chi connectivity index (χ4n) is 2.24. The van der Waals surface area contributed by atoms with Crippen LogP contribution in [0.3, 0.4) is 0 Å². The Morgan fingerprint density at radius 1 is 1.08 bits per heavy atom. The lowest BCUT2D eigenvalue weighted by Crippen LogP contribution is -2.03. The van der Waals surface area contributed by atoms with Gasteiger partial charge in [0.05, 0.1) is 27.0 Å². The number of hydrogen-bond donors (Lipinski definition) is 1. The molecule has 0 aliphatic carbocycles. The van der Waals surface area contributed by atoms with E-state index in [0.29, 0.717) is 32.4 Å². The molecule has 3 rings (SSSR count). The minimum absolute atomic E-state index is 0.411. The van der Waals surface area contributed by atoms with Crippen molar-refractivity contribution in [1.29, 1.82) is 0 Å². The maximum Gasteiger partial charge on any atom is 0.350 e. The van der Waals surface area contributed by atoms with Crippen molar-refractivity contribution in [3.63, 3.8) is 0 Å². The van der Waals surface area contributed by atoms with Crippen molar-refractivity contribution in [3.8, 4) is 11.5 Å². The molecule has 0 atom stereocenters. The second-order valence-electron chi connectivity index (χ2n) is 4.70. The van der Waals surface area contributed by atoms with Crippen molar-refractivity contribution >= 4 is 39.0 Å². The average molecular weight is 345 g/mol. The third-order valence-corrected chi connectivity index (χ3v) is 4.42. The van der Waals surface area contributed by atoms with Crippen molar-refractivity contribution in [2.75, 3.05) is 26.6 Å². The first-order valence-corrected chi connectivity index (χ1v) is 7.80. The summed E-state index contributed by atoms with van der Waals surface area (Å²) in [6, 6.07) is 5.38. The molecule has 0 radical (unpaired) electrons. The van der Waals surface area contributed by atoms with Crippen molar-refractivity contribution in [1.82, 2.24) is 9.97 Å². The van der Waals surface area contributed by atoms with Crippen LogP contribution in [0.4, 0.5) is 11.4 Å². The molecule has 24 heavy (non-hydrogen) atoms. The number of benzene rings is 1. The lowest BCUT2D eigenvalue weighted by Gasteiger charge is -2.11. The van der Waals surface area contributed by atoms with Gasteiger partial charge in [-0.15, -0.1) is 11.3 Å². The molecule has 0 amide bonds. The summed E-state index contributed by atoms with van der Waals surface area (Å²) in [5.74, 6) is 0.752. The van der Waals surface area contributed by atoms with Gasteiger partial charge in [-0.05, 0) is 12.1 Å². The van der Waals surface area contributed by atoms with Gasteiger partial charge < -0.3 is 19.5 Å². The summed E-state index contributed by atoms with van der Waals surface area (Å²) in [6.45, 7) is 0. The van der Waals surface area contributed by atoms with Crippen LogP contribution in [-0.2, 0) is 4.74 Å². The molecule has 0 unspecified atom stereocenters. The number of anilines is 2. The van der Waals surface area contributed by atoms with Crippen molar-refractivity contribution < 1.29 is 19.0 Å². The Bertz CT molecular complexity index is 894. The fourth-order valence-corrected chi connectivity index (χ4v) is 3.21. The van der Waals surface area contributed by atoms with Crippen molar-refractivity contribution in [3.05, 3.63) is 35.5 Å². The fraction of sp³-hybridized carbons (Fsp3) is 0.188. The smallest absolute Gasteiger partial charge is 0.350 e. The average Bonchev–Trinajstić information content (AvgIpc) is 2.99.